The number of nitrogens with one attached hydrogen (secondary N) is 2. The van der Waals surface area contributed by atoms with E-state index in [0.29, 0.717) is 5.95 Å². The van der Waals surface area contributed by atoms with Crippen molar-refractivity contribution in [1.29, 1.82) is 0 Å². The number of aromatic nitrogens is 2. The third-order valence-electron chi connectivity index (χ3n) is 3.95. The van der Waals surface area contributed by atoms with Crippen LogP contribution in [0.2, 0.25) is 0 Å². The fourth-order valence-corrected chi connectivity index (χ4v) is 2.64. The number of hydrogen-bond donors (Lipinski definition) is 4. The van der Waals surface area contributed by atoms with Crippen LogP contribution in [-0.2, 0) is 0 Å². The molecule has 0 bridgehead atoms. The quantitative estimate of drug-likeness (QED) is 0.535. The maximum Gasteiger partial charge on any atom is 0.225 e. The van der Waals surface area contributed by atoms with E-state index < -0.39 is 0 Å². The van der Waals surface area contributed by atoms with Crippen LogP contribution in [0.5, 0.6) is 0 Å². The van der Waals surface area contributed by atoms with Crippen LogP contribution in [0.25, 0.3) is 10.9 Å². The van der Waals surface area contributed by atoms with Crippen LogP contribution in [-0.4, -0.2) is 45.5 Å². The Balaban J connectivity index is 2.20. The first kappa shape index (κ1) is 18.4. The van der Waals surface area contributed by atoms with Crippen LogP contribution in [0.15, 0.2) is 24.3 Å². The number of nitrogens with zero attached hydrogens (tertiary/aromatic N) is 2. The van der Waals surface area contributed by atoms with E-state index in [-0.39, 0.29) is 25.3 Å². The zero-order valence-electron chi connectivity index (χ0n) is 14.5. The molecule has 1 heterocycles. The van der Waals surface area contributed by atoms with E-state index in [1.54, 1.807) is 0 Å². The molecule has 4 N–H and O–H groups in total. The van der Waals surface area contributed by atoms with Crippen molar-refractivity contribution in [3.8, 4) is 0 Å². The molecule has 1 aromatic heterocycles. The van der Waals surface area contributed by atoms with Gasteiger partial charge in [-0.3, -0.25) is 0 Å². The topological polar surface area (TPSA) is 90.3 Å². The van der Waals surface area contributed by atoms with Crippen molar-refractivity contribution in [1.82, 2.24) is 9.97 Å². The lowest BCUT2D eigenvalue weighted by Crippen LogP contribution is -2.20. The summed E-state index contributed by atoms with van der Waals surface area (Å²) >= 11 is 0. The highest BCUT2D eigenvalue weighted by Gasteiger charge is 2.11. The summed E-state index contributed by atoms with van der Waals surface area (Å²) in [5.74, 6) is 1.40. The Morgan fingerprint density at radius 3 is 2.21 bits per heavy atom. The highest BCUT2D eigenvalue weighted by atomic mass is 16.3. The molecule has 0 saturated heterocycles. The number of hydrogen-bond acceptors (Lipinski definition) is 6. The maximum absolute atomic E-state index is 8.99. The molecule has 24 heavy (non-hydrogen) atoms. The molecule has 0 amide bonds. The first-order valence-corrected chi connectivity index (χ1v) is 8.65. The van der Waals surface area contributed by atoms with Crippen LogP contribution in [0.4, 0.5) is 11.8 Å². The Morgan fingerprint density at radius 2 is 1.54 bits per heavy atom. The van der Waals surface area contributed by atoms with Gasteiger partial charge in [-0.05, 0) is 51.7 Å². The molecular weight excluding hydrogens is 304 g/mol. The molecule has 132 valence electrons. The van der Waals surface area contributed by atoms with E-state index in [9.17, 15) is 0 Å². The van der Waals surface area contributed by atoms with Gasteiger partial charge in [0.15, 0.2) is 0 Å². The normalized spacial score (nSPS) is 13.7. The Labute approximate surface area is 143 Å². The van der Waals surface area contributed by atoms with Crippen molar-refractivity contribution in [2.45, 2.75) is 51.6 Å². The standard InChI is InChI=1S/C18H28N4O2/c1-13(7-5-11-23)19-17-15-9-3-4-10-16(15)21-18(22-17)20-14(2)8-6-12-24/h3-4,9-10,13-14,23-24H,5-8,11-12H2,1-2H3,(H2,19,20,21,22). The lowest BCUT2D eigenvalue weighted by Gasteiger charge is -2.18. The fraction of sp³-hybridized carbons (Fsp3) is 0.556. The van der Waals surface area contributed by atoms with E-state index in [2.05, 4.69) is 34.4 Å². The number of rotatable bonds is 10. The van der Waals surface area contributed by atoms with Gasteiger partial charge < -0.3 is 20.8 Å². The minimum Gasteiger partial charge on any atom is -0.396 e. The van der Waals surface area contributed by atoms with Crippen molar-refractivity contribution in [2.75, 3.05) is 23.8 Å². The molecule has 2 atom stereocenters. The van der Waals surface area contributed by atoms with E-state index in [1.807, 2.05) is 24.3 Å². The Hall–Kier alpha value is -1.92. The highest BCUT2D eigenvalue weighted by molar-refractivity contribution is 5.90. The van der Waals surface area contributed by atoms with Crippen molar-refractivity contribution >= 4 is 22.7 Å². The molecule has 6 nitrogen and oxygen atoms in total. The summed E-state index contributed by atoms with van der Waals surface area (Å²) in [7, 11) is 0. The molecular formula is C18H28N4O2. The van der Waals surface area contributed by atoms with Gasteiger partial charge in [-0.15, -0.1) is 0 Å². The summed E-state index contributed by atoms with van der Waals surface area (Å²) in [5, 5.41) is 25.7. The van der Waals surface area contributed by atoms with Gasteiger partial charge in [0.25, 0.3) is 0 Å². The van der Waals surface area contributed by atoms with Crippen LogP contribution >= 0.6 is 0 Å². The van der Waals surface area contributed by atoms with Gasteiger partial charge in [0.1, 0.15) is 5.82 Å². The van der Waals surface area contributed by atoms with E-state index in [4.69, 9.17) is 10.2 Å². The number of para-hydroxylation sites is 1. The highest BCUT2D eigenvalue weighted by Crippen LogP contribution is 2.23. The summed E-state index contributed by atoms with van der Waals surface area (Å²) < 4.78 is 0. The van der Waals surface area contributed by atoms with Crippen LogP contribution < -0.4 is 10.6 Å². The lowest BCUT2D eigenvalue weighted by molar-refractivity contribution is 0.282. The second-order valence-corrected chi connectivity index (χ2v) is 6.24. The molecule has 0 saturated carbocycles. The summed E-state index contributed by atoms with van der Waals surface area (Å²) in [5.41, 5.74) is 0.890. The molecule has 0 aliphatic carbocycles. The summed E-state index contributed by atoms with van der Waals surface area (Å²) in [4.78, 5) is 9.23. The predicted octanol–water partition coefficient (Wildman–Crippen LogP) is 2.78. The maximum atomic E-state index is 8.99. The van der Waals surface area contributed by atoms with Crippen molar-refractivity contribution in [3.63, 3.8) is 0 Å². The Morgan fingerprint density at radius 1 is 0.917 bits per heavy atom. The molecule has 2 aromatic rings. The first-order chi connectivity index (χ1) is 11.6. The van der Waals surface area contributed by atoms with E-state index in [0.717, 1.165) is 42.4 Å². The number of aliphatic hydroxyl groups excluding tert-OH is 2. The van der Waals surface area contributed by atoms with E-state index in [1.165, 1.54) is 0 Å². The molecule has 0 radical (unpaired) electrons. The van der Waals surface area contributed by atoms with Crippen molar-refractivity contribution in [2.24, 2.45) is 0 Å². The lowest BCUT2D eigenvalue weighted by atomic mass is 10.1. The Kier molecular flexibility index (Phi) is 7.21. The zero-order chi connectivity index (χ0) is 17.4. The van der Waals surface area contributed by atoms with Crippen molar-refractivity contribution < 1.29 is 10.2 Å². The van der Waals surface area contributed by atoms with E-state index >= 15 is 0 Å². The minimum absolute atomic E-state index is 0.193. The van der Waals surface area contributed by atoms with Gasteiger partial charge in [-0.1, -0.05) is 12.1 Å². The number of anilines is 2. The second kappa shape index (κ2) is 9.39. The smallest absolute Gasteiger partial charge is 0.225 e. The summed E-state index contributed by atoms with van der Waals surface area (Å²) in [6.45, 7) is 4.54. The zero-order valence-corrected chi connectivity index (χ0v) is 14.5. The molecule has 0 spiro atoms. The van der Waals surface area contributed by atoms with Crippen LogP contribution in [0.1, 0.15) is 39.5 Å². The van der Waals surface area contributed by atoms with Gasteiger partial charge in [-0.25, -0.2) is 4.98 Å². The van der Waals surface area contributed by atoms with Crippen LogP contribution in [0.3, 0.4) is 0 Å². The molecule has 2 unspecified atom stereocenters. The molecule has 0 aliphatic rings. The average molecular weight is 332 g/mol. The molecule has 6 heteroatoms. The summed E-state index contributed by atoms with van der Waals surface area (Å²) in [6, 6.07) is 8.34. The average Bonchev–Trinajstić information content (AvgIpc) is 2.58. The Bertz CT molecular complexity index is 635. The minimum atomic E-state index is 0.193. The second-order valence-electron chi connectivity index (χ2n) is 6.24. The van der Waals surface area contributed by atoms with Gasteiger partial charge in [0.2, 0.25) is 5.95 Å². The van der Waals surface area contributed by atoms with Crippen LogP contribution in [0, 0.1) is 0 Å². The first-order valence-electron chi connectivity index (χ1n) is 8.65. The third-order valence-corrected chi connectivity index (χ3v) is 3.95. The molecule has 2 rings (SSSR count). The summed E-state index contributed by atoms with van der Waals surface area (Å²) in [6.07, 6.45) is 3.26. The SMILES string of the molecule is CC(CCCO)Nc1nc(NC(C)CCCO)c2ccccc2n1. The van der Waals surface area contributed by atoms with Gasteiger partial charge in [0.05, 0.1) is 5.52 Å². The molecule has 0 aliphatic heterocycles. The number of benzene rings is 1. The van der Waals surface area contributed by atoms with Crippen molar-refractivity contribution in [3.05, 3.63) is 24.3 Å². The van der Waals surface area contributed by atoms with Gasteiger partial charge in [0, 0.05) is 30.7 Å². The number of aliphatic hydroxyl groups is 2. The largest absolute Gasteiger partial charge is 0.396 e. The van der Waals surface area contributed by atoms with Gasteiger partial charge in [-0.2, -0.15) is 4.98 Å². The molecule has 1 aromatic carbocycles. The monoisotopic (exact) mass is 332 g/mol. The fourth-order valence-electron chi connectivity index (χ4n) is 2.64. The van der Waals surface area contributed by atoms with Gasteiger partial charge >= 0.3 is 0 Å². The molecule has 0 fully saturated rings. The third kappa shape index (κ3) is 5.32. The predicted molar refractivity (Wildman–Crippen MR) is 98.3 cm³/mol. The number of fused-ring (bicyclic) bond motifs is 1.